The van der Waals surface area contributed by atoms with E-state index in [0.717, 1.165) is 18.7 Å². The van der Waals surface area contributed by atoms with Crippen LogP contribution in [0.1, 0.15) is 28.4 Å². The zero-order valence-corrected chi connectivity index (χ0v) is 13.2. The van der Waals surface area contributed by atoms with Gasteiger partial charge in [0, 0.05) is 37.4 Å². The molecule has 0 aliphatic heterocycles. The molecule has 2 rings (SSSR count). The molecule has 2 aromatic rings. The van der Waals surface area contributed by atoms with Gasteiger partial charge in [0.1, 0.15) is 0 Å². The van der Waals surface area contributed by atoms with Crippen LogP contribution >= 0.6 is 0 Å². The van der Waals surface area contributed by atoms with E-state index in [1.54, 1.807) is 0 Å². The van der Waals surface area contributed by atoms with Gasteiger partial charge in [-0.25, -0.2) is 0 Å². The fourth-order valence-corrected chi connectivity index (χ4v) is 2.67. The molecule has 112 valence electrons. The predicted octanol–water partition coefficient (Wildman–Crippen LogP) is 2.87. The van der Waals surface area contributed by atoms with E-state index in [-0.39, 0.29) is 6.04 Å². The Bertz CT molecular complexity index is 566. The van der Waals surface area contributed by atoms with Gasteiger partial charge < -0.3 is 5.73 Å². The van der Waals surface area contributed by atoms with Gasteiger partial charge in [0.05, 0.1) is 0 Å². The lowest BCUT2D eigenvalue weighted by molar-refractivity contribution is 0.251. The molecule has 0 saturated carbocycles. The highest BCUT2D eigenvalue weighted by Gasteiger charge is 2.17. The lowest BCUT2D eigenvalue weighted by Crippen LogP contribution is -2.32. The first-order chi connectivity index (χ1) is 10.1. The summed E-state index contributed by atoms with van der Waals surface area (Å²) in [6.45, 7) is 5.91. The summed E-state index contributed by atoms with van der Waals surface area (Å²) in [6.07, 6.45) is 2.79. The Morgan fingerprint density at radius 3 is 2.62 bits per heavy atom. The number of likely N-dealkylation sites (N-methyl/N-ethyl adjacent to an activating group) is 1. The van der Waals surface area contributed by atoms with Gasteiger partial charge >= 0.3 is 0 Å². The molecule has 0 aliphatic rings. The van der Waals surface area contributed by atoms with Gasteiger partial charge in [0.15, 0.2) is 0 Å². The van der Waals surface area contributed by atoms with Crippen LogP contribution in [0.15, 0.2) is 42.6 Å². The Kier molecular flexibility index (Phi) is 5.48. The van der Waals surface area contributed by atoms with E-state index in [9.17, 15) is 0 Å². The maximum absolute atomic E-state index is 6.04. The molecular weight excluding hydrogens is 258 g/mol. The standard InChI is InChI=1S/C18H25N3/c1-14-7-6-9-17(15(14)2)18(13-19)21(3)12-10-16-8-4-5-11-20-16/h4-9,11,18H,10,12-13,19H2,1-3H3. The minimum Gasteiger partial charge on any atom is -0.329 e. The van der Waals surface area contributed by atoms with Crippen LogP contribution in [-0.4, -0.2) is 30.0 Å². The SMILES string of the molecule is Cc1cccc(C(CN)N(C)CCc2ccccn2)c1C. The Labute approximate surface area is 127 Å². The third kappa shape index (κ3) is 3.90. The number of pyridine rings is 1. The van der Waals surface area contributed by atoms with Crippen LogP contribution in [0.3, 0.4) is 0 Å². The second kappa shape index (κ2) is 7.34. The molecule has 0 fully saturated rings. The second-order valence-corrected chi connectivity index (χ2v) is 5.59. The van der Waals surface area contributed by atoms with Crippen LogP contribution in [-0.2, 0) is 6.42 Å². The van der Waals surface area contributed by atoms with Crippen molar-refractivity contribution in [2.45, 2.75) is 26.3 Å². The predicted molar refractivity (Wildman–Crippen MR) is 88.3 cm³/mol. The molecule has 0 aliphatic carbocycles. The van der Waals surface area contributed by atoms with Crippen molar-refractivity contribution in [2.75, 3.05) is 20.1 Å². The smallest absolute Gasteiger partial charge is 0.0470 e. The maximum Gasteiger partial charge on any atom is 0.0470 e. The van der Waals surface area contributed by atoms with E-state index in [1.807, 2.05) is 18.3 Å². The van der Waals surface area contributed by atoms with E-state index in [2.05, 4.69) is 55.0 Å². The number of aryl methyl sites for hydroxylation is 1. The van der Waals surface area contributed by atoms with Crippen molar-refractivity contribution in [3.05, 3.63) is 65.0 Å². The molecule has 1 aromatic heterocycles. The highest BCUT2D eigenvalue weighted by Crippen LogP contribution is 2.24. The van der Waals surface area contributed by atoms with Gasteiger partial charge in [-0.3, -0.25) is 9.88 Å². The Hall–Kier alpha value is -1.71. The second-order valence-electron chi connectivity index (χ2n) is 5.59. The number of nitrogens with two attached hydrogens (primary N) is 1. The van der Waals surface area contributed by atoms with Gasteiger partial charge in [-0.1, -0.05) is 24.3 Å². The van der Waals surface area contributed by atoms with Gasteiger partial charge in [-0.2, -0.15) is 0 Å². The van der Waals surface area contributed by atoms with Crippen LogP contribution in [0.4, 0.5) is 0 Å². The van der Waals surface area contributed by atoms with Crippen LogP contribution in [0, 0.1) is 13.8 Å². The molecule has 0 amide bonds. The summed E-state index contributed by atoms with van der Waals surface area (Å²) in [7, 11) is 2.14. The van der Waals surface area contributed by atoms with Gasteiger partial charge in [-0.05, 0) is 49.7 Å². The lowest BCUT2D eigenvalue weighted by Gasteiger charge is -2.29. The Balaban J connectivity index is 2.08. The zero-order chi connectivity index (χ0) is 15.2. The van der Waals surface area contributed by atoms with Crippen molar-refractivity contribution in [2.24, 2.45) is 5.73 Å². The molecule has 3 nitrogen and oxygen atoms in total. The van der Waals surface area contributed by atoms with Gasteiger partial charge in [0.25, 0.3) is 0 Å². The molecule has 0 saturated heterocycles. The molecule has 1 heterocycles. The first kappa shape index (κ1) is 15.7. The summed E-state index contributed by atoms with van der Waals surface area (Å²) >= 11 is 0. The highest BCUT2D eigenvalue weighted by molar-refractivity contribution is 5.35. The quantitative estimate of drug-likeness (QED) is 0.886. The Morgan fingerprint density at radius 1 is 1.14 bits per heavy atom. The monoisotopic (exact) mass is 283 g/mol. The minimum atomic E-state index is 0.258. The molecule has 1 aromatic carbocycles. The molecule has 0 bridgehead atoms. The van der Waals surface area contributed by atoms with Crippen LogP contribution < -0.4 is 5.73 Å². The summed E-state index contributed by atoms with van der Waals surface area (Å²) in [5, 5.41) is 0. The fraction of sp³-hybridized carbons (Fsp3) is 0.389. The number of nitrogens with zero attached hydrogens (tertiary/aromatic N) is 2. The van der Waals surface area contributed by atoms with Crippen LogP contribution in [0.2, 0.25) is 0 Å². The summed E-state index contributed by atoms with van der Waals surface area (Å²) in [4.78, 5) is 6.71. The Morgan fingerprint density at radius 2 is 1.95 bits per heavy atom. The van der Waals surface area contributed by atoms with Crippen LogP contribution in [0.5, 0.6) is 0 Å². The highest BCUT2D eigenvalue weighted by atomic mass is 15.1. The van der Waals surface area contributed by atoms with E-state index in [1.165, 1.54) is 16.7 Å². The van der Waals surface area contributed by atoms with Crippen molar-refractivity contribution in [3.63, 3.8) is 0 Å². The van der Waals surface area contributed by atoms with Crippen molar-refractivity contribution >= 4 is 0 Å². The first-order valence-electron chi connectivity index (χ1n) is 7.49. The van der Waals surface area contributed by atoms with Gasteiger partial charge in [-0.15, -0.1) is 0 Å². The number of benzene rings is 1. The molecule has 0 spiro atoms. The molecule has 0 radical (unpaired) electrons. The van der Waals surface area contributed by atoms with E-state index < -0.39 is 0 Å². The zero-order valence-electron chi connectivity index (χ0n) is 13.2. The van der Waals surface area contributed by atoms with E-state index >= 15 is 0 Å². The lowest BCUT2D eigenvalue weighted by atomic mass is 9.96. The molecule has 1 atom stereocenters. The summed E-state index contributed by atoms with van der Waals surface area (Å²) in [6, 6.07) is 12.8. The number of hydrogen-bond donors (Lipinski definition) is 1. The van der Waals surface area contributed by atoms with Crippen molar-refractivity contribution in [3.8, 4) is 0 Å². The first-order valence-corrected chi connectivity index (χ1v) is 7.49. The average molecular weight is 283 g/mol. The maximum atomic E-state index is 6.04. The normalized spacial score (nSPS) is 12.6. The van der Waals surface area contributed by atoms with Crippen molar-refractivity contribution < 1.29 is 0 Å². The molecular formula is C18H25N3. The largest absolute Gasteiger partial charge is 0.329 e. The number of rotatable bonds is 6. The molecule has 2 N–H and O–H groups in total. The third-order valence-corrected chi connectivity index (χ3v) is 4.21. The fourth-order valence-electron chi connectivity index (χ4n) is 2.67. The van der Waals surface area contributed by atoms with E-state index in [4.69, 9.17) is 5.73 Å². The minimum absolute atomic E-state index is 0.258. The van der Waals surface area contributed by atoms with E-state index in [0.29, 0.717) is 6.54 Å². The van der Waals surface area contributed by atoms with Gasteiger partial charge in [0.2, 0.25) is 0 Å². The number of hydrogen-bond acceptors (Lipinski definition) is 3. The summed E-state index contributed by atoms with van der Waals surface area (Å²) < 4.78 is 0. The third-order valence-electron chi connectivity index (χ3n) is 4.21. The topological polar surface area (TPSA) is 42.1 Å². The van der Waals surface area contributed by atoms with Crippen molar-refractivity contribution in [1.29, 1.82) is 0 Å². The van der Waals surface area contributed by atoms with Crippen LogP contribution in [0.25, 0.3) is 0 Å². The van der Waals surface area contributed by atoms with Crippen molar-refractivity contribution in [1.82, 2.24) is 9.88 Å². The molecule has 3 heteroatoms. The molecule has 21 heavy (non-hydrogen) atoms. The summed E-state index contributed by atoms with van der Waals surface area (Å²) in [5.41, 5.74) is 11.2. The molecule has 1 unspecified atom stereocenters. The number of aromatic nitrogens is 1. The summed E-state index contributed by atoms with van der Waals surface area (Å²) in [5.74, 6) is 0. The average Bonchev–Trinajstić information content (AvgIpc) is 2.51.